The predicted octanol–water partition coefficient (Wildman–Crippen LogP) is 3.55. The molecule has 2 fully saturated rings. The third kappa shape index (κ3) is 4.22. The zero-order valence-electron chi connectivity index (χ0n) is 24.5. The summed E-state index contributed by atoms with van der Waals surface area (Å²) in [6, 6.07) is 7.91. The molecule has 4 aliphatic heterocycles. The molecule has 1 spiro atoms. The molecule has 2 saturated heterocycles. The van der Waals surface area contributed by atoms with Crippen LogP contribution in [0.4, 0.5) is 5.69 Å². The molecule has 5 rings (SSSR count). The summed E-state index contributed by atoms with van der Waals surface area (Å²) in [6.07, 6.45) is 8.70. The number of nitrogens with zero attached hydrogens (tertiary/aromatic N) is 3. The van der Waals surface area contributed by atoms with Crippen molar-refractivity contribution in [2.24, 2.45) is 17.8 Å². The summed E-state index contributed by atoms with van der Waals surface area (Å²) in [5.74, 6) is -2.24. The van der Waals surface area contributed by atoms with Crippen LogP contribution in [0.3, 0.4) is 0 Å². The van der Waals surface area contributed by atoms with Crippen LogP contribution in [0.1, 0.15) is 54.4 Å². The summed E-state index contributed by atoms with van der Waals surface area (Å²) >= 11 is 0. The average molecular weight is 550 g/mol. The van der Waals surface area contributed by atoms with E-state index in [0.29, 0.717) is 25.9 Å². The lowest BCUT2D eigenvalue weighted by molar-refractivity contribution is -0.158. The fourth-order valence-corrected chi connectivity index (χ4v) is 7.36. The lowest BCUT2D eigenvalue weighted by Gasteiger charge is -2.43. The number of para-hydroxylation sites is 1. The van der Waals surface area contributed by atoms with Gasteiger partial charge in [-0.25, -0.2) is 0 Å². The fraction of sp³-hybridized carbons (Fsp3) is 0.594. The largest absolute Gasteiger partial charge is 0.394 e. The lowest BCUT2D eigenvalue weighted by atomic mass is 9.73. The van der Waals surface area contributed by atoms with Crippen molar-refractivity contribution in [3.8, 4) is 0 Å². The molecule has 0 aliphatic carbocycles. The minimum Gasteiger partial charge on any atom is -0.394 e. The first kappa shape index (κ1) is 28.6. The van der Waals surface area contributed by atoms with Gasteiger partial charge in [-0.15, -0.1) is 0 Å². The van der Waals surface area contributed by atoms with Crippen molar-refractivity contribution in [3.63, 3.8) is 0 Å². The average Bonchev–Trinajstić information content (AvgIpc) is 3.19. The topological polar surface area (TPSA) is 90.4 Å². The van der Waals surface area contributed by atoms with Gasteiger partial charge in [-0.1, -0.05) is 63.3 Å². The fourth-order valence-electron chi connectivity index (χ4n) is 7.36. The second-order valence-electron chi connectivity index (χ2n) is 13.0. The Kier molecular flexibility index (Phi) is 7.24. The van der Waals surface area contributed by atoms with Crippen molar-refractivity contribution in [1.82, 2.24) is 9.80 Å². The number of aliphatic hydroxyl groups is 1. The number of fused-ring (bicyclic) bond motifs is 2. The number of benzene rings is 1. The number of rotatable bonds is 6. The standard InChI is InChI=1S/C32H43N3O5/c1-7-31-15-11-17-33(22-13-9-8-10-14-22)27(37)24(31)25-28(38)35(23(20-36)19-21(2)3)26-29(39)34(30(4,5)6)18-12-16-32(25,26)40-31/h8-16,21,23-26,36H,7,17-20H2,1-6H3/t23-,24+,25+,26?,31-,32+/m1/s1. The summed E-state index contributed by atoms with van der Waals surface area (Å²) in [6.45, 7) is 12.4. The molecule has 1 unspecified atom stereocenters. The number of aliphatic hydroxyl groups excluding tert-OH is 1. The van der Waals surface area contributed by atoms with E-state index in [1.54, 1.807) is 14.7 Å². The first-order valence-electron chi connectivity index (χ1n) is 14.6. The molecule has 1 N–H and O–H groups in total. The van der Waals surface area contributed by atoms with Gasteiger partial charge in [0.2, 0.25) is 17.7 Å². The normalized spacial score (nSPS) is 32.8. The molecule has 1 aromatic carbocycles. The SMILES string of the molecule is CC[C@@]12C=CCN(c3ccccc3)C(=O)[C@@H]1[C@H]1C(=O)N([C@@H](CO)CC(C)C)C3C(=O)N(C(C)(C)C)CC=C[C@@]31O2. The highest BCUT2D eigenvalue weighted by Crippen LogP contribution is 2.59. The molecule has 0 bridgehead atoms. The Balaban J connectivity index is 1.70. The zero-order valence-corrected chi connectivity index (χ0v) is 24.5. The summed E-state index contributed by atoms with van der Waals surface area (Å²) in [5.41, 5.74) is -2.13. The summed E-state index contributed by atoms with van der Waals surface area (Å²) < 4.78 is 7.05. The zero-order chi connectivity index (χ0) is 29.0. The molecular formula is C32H43N3O5. The molecular weight excluding hydrogens is 506 g/mol. The first-order chi connectivity index (χ1) is 18.9. The molecule has 0 radical (unpaired) electrons. The monoisotopic (exact) mass is 549 g/mol. The molecule has 0 aromatic heterocycles. The Bertz CT molecular complexity index is 1220. The van der Waals surface area contributed by atoms with E-state index in [1.807, 2.05) is 96.2 Å². The molecule has 8 heteroatoms. The Labute approximate surface area is 237 Å². The number of likely N-dealkylation sites (tertiary alicyclic amines) is 1. The highest BCUT2D eigenvalue weighted by molar-refractivity contribution is 6.04. The highest BCUT2D eigenvalue weighted by atomic mass is 16.5. The van der Waals surface area contributed by atoms with E-state index in [9.17, 15) is 19.5 Å². The van der Waals surface area contributed by atoms with Crippen molar-refractivity contribution >= 4 is 23.4 Å². The molecule has 0 saturated carbocycles. The smallest absolute Gasteiger partial charge is 0.249 e. The van der Waals surface area contributed by atoms with Gasteiger partial charge >= 0.3 is 0 Å². The molecule has 4 heterocycles. The van der Waals surface area contributed by atoms with E-state index in [2.05, 4.69) is 0 Å². The van der Waals surface area contributed by atoms with Crippen LogP contribution < -0.4 is 4.90 Å². The Hall–Kier alpha value is -2.97. The van der Waals surface area contributed by atoms with Crippen molar-refractivity contribution in [1.29, 1.82) is 0 Å². The molecule has 4 aliphatic rings. The van der Waals surface area contributed by atoms with Crippen LogP contribution in [-0.4, -0.2) is 81.1 Å². The van der Waals surface area contributed by atoms with Crippen molar-refractivity contribution in [2.75, 3.05) is 24.6 Å². The van der Waals surface area contributed by atoms with E-state index < -0.39 is 40.7 Å². The second-order valence-corrected chi connectivity index (χ2v) is 13.0. The number of hydrogen-bond acceptors (Lipinski definition) is 5. The van der Waals surface area contributed by atoms with Crippen LogP contribution in [0.5, 0.6) is 0 Å². The van der Waals surface area contributed by atoms with Gasteiger partial charge in [0.05, 0.1) is 30.1 Å². The van der Waals surface area contributed by atoms with Gasteiger partial charge in [-0.3, -0.25) is 14.4 Å². The summed E-state index contributed by atoms with van der Waals surface area (Å²) in [4.78, 5) is 48.8. The van der Waals surface area contributed by atoms with Gasteiger partial charge in [-0.2, -0.15) is 0 Å². The van der Waals surface area contributed by atoms with Gasteiger partial charge in [-0.05, 0) is 51.7 Å². The van der Waals surface area contributed by atoms with Gasteiger partial charge in [0.1, 0.15) is 11.6 Å². The van der Waals surface area contributed by atoms with Gasteiger partial charge in [0.25, 0.3) is 0 Å². The highest BCUT2D eigenvalue weighted by Gasteiger charge is 2.76. The third-order valence-electron chi connectivity index (χ3n) is 9.10. The quantitative estimate of drug-likeness (QED) is 0.548. The number of amides is 3. The predicted molar refractivity (Wildman–Crippen MR) is 153 cm³/mol. The van der Waals surface area contributed by atoms with Gasteiger partial charge < -0.3 is 24.5 Å². The van der Waals surface area contributed by atoms with E-state index >= 15 is 0 Å². The van der Waals surface area contributed by atoms with Crippen LogP contribution in [0.15, 0.2) is 54.6 Å². The Morgan fingerprint density at radius 1 is 0.975 bits per heavy atom. The minimum atomic E-state index is -1.33. The molecule has 1 aromatic rings. The maximum absolute atomic E-state index is 14.7. The summed E-state index contributed by atoms with van der Waals surface area (Å²) in [5, 5.41) is 10.5. The molecule has 8 nitrogen and oxygen atoms in total. The number of ether oxygens (including phenoxy) is 1. The number of carbonyl (C=O) groups is 3. The third-order valence-corrected chi connectivity index (χ3v) is 9.10. The number of hydrogen-bond donors (Lipinski definition) is 1. The van der Waals surface area contributed by atoms with Crippen LogP contribution in [0, 0.1) is 17.8 Å². The van der Waals surface area contributed by atoms with E-state index in [4.69, 9.17) is 4.74 Å². The molecule has 6 atom stereocenters. The maximum atomic E-state index is 14.7. The van der Waals surface area contributed by atoms with Crippen LogP contribution in [0.25, 0.3) is 0 Å². The van der Waals surface area contributed by atoms with Crippen molar-refractivity contribution in [2.45, 2.75) is 83.2 Å². The number of anilines is 1. The first-order valence-corrected chi connectivity index (χ1v) is 14.6. The second kappa shape index (κ2) is 10.1. The Morgan fingerprint density at radius 2 is 1.65 bits per heavy atom. The number of carbonyl (C=O) groups excluding carboxylic acids is 3. The van der Waals surface area contributed by atoms with Crippen molar-refractivity contribution < 1.29 is 24.2 Å². The van der Waals surface area contributed by atoms with Gasteiger partial charge in [0.15, 0.2) is 0 Å². The molecule has 40 heavy (non-hydrogen) atoms. The van der Waals surface area contributed by atoms with E-state index in [1.165, 1.54) is 0 Å². The summed E-state index contributed by atoms with van der Waals surface area (Å²) in [7, 11) is 0. The minimum absolute atomic E-state index is 0.183. The van der Waals surface area contributed by atoms with Crippen LogP contribution in [-0.2, 0) is 19.1 Å². The van der Waals surface area contributed by atoms with E-state index in [0.717, 1.165) is 5.69 Å². The van der Waals surface area contributed by atoms with Crippen molar-refractivity contribution in [3.05, 3.63) is 54.6 Å². The molecule has 216 valence electrons. The lowest BCUT2D eigenvalue weighted by Crippen LogP contribution is -2.61. The molecule has 3 amide bonds. The van der Waals surface area contributed by atoms with Crippen LogP contribution in [0.2, 0.25) is 0 Å². The van der Waals surface area contributed by atoms with E-state index in [-0.39, 0.29) is 30.2 Å². The van der Waals surface area contributed by atoms with Gasteiger partial charge in [0, 0.05) is 24.3 Å². The van der Waals surface area contributed by atoms with Crippen LogP contribution >= 0.6 is 0 Å². The maximum Gasteiger partial charge on any atom is 0.249 e. The Morgan fingerprint density at radius 3 is 2.25 bits per heavy atom.